The summed E-state index contributed by atoms with van der Waals surface area (Å²) in [6.07, 6.45) is 3.09. The lowest BCUT2D eigenvalue weighted by Crippen LogP contribution is -2.41. The fraction of sp³-hybridized carbons (Fsp3) is 0.333. The first-order chi connectivity index (χ1) is 10.6. The minimum Gasteiger partial charge on any atom is -0.450 e. The minimum atomic E-state index is -0.635. The number of pyridine rings is 1. The van der Waals surface area contributed by atoms with Crippen molar-refractivity contribution in [1.29, 1.82) is 0 Å². The van der Waals surface area contributed by atoms with Crippen LogP contribution in [0.25, 0.3) is 0 Å². The Morgan fingerprint density at radius 2 is 1.95 bits per heavy atom. The van der Waals surface area contributed by atoms with Crippen LogP contribution in [0.2, 0.25) is 0 Å². The molecule has 0 fully saturated rings. The maximum atomic E-state index is 12.4. The number of rotatable bonds is 4. The number of benzene rings is 1. The molecule has 0 saturated heterocycles. The van der Waals surface area contributed by atoms with Gasteiger partial charge in [-0.25, -0.2) is 4.79 Å². The van der Waals surface area contributed by atoms with Crippen LogP contribution in [0.5, 0.6) is 0 Å². The van der Waals surface area contributed by atoms with Crippen LogP contribution in [-0.2, 0) is 16.8 Å². The van der Waals surface area contributed by atoms with Crippen molar-refractivity contribution in [2.75, 3.05) is 20.6 Å². The van der Waals surface area contributed by atoms with Gasteiger partial charge in [0.15, 0.2) is 0 Å². The molecule has 1 aromatic carbocycles. The van der Waals surface area contributed by atoms with E-state index in [2.05, 4.69) is 9.88 Å². The number of nitrogens with zero attached hydrogens (tertiary/aromatic N) is 2. The van der Waals surface area contributed by atoms with E-state index in [1.54, 1.807) is 18.3 Å². The predicted octanol–water partition coefficient (Wildman–Crippen LogP) is 2.64. The molecule has 0 radical (unpaired) electrons. The SMILES string of the molecule is CN(C)CCC1(c2ccccc2)Cc2ncccc2C(=O)O1. The van der Waals surface area contributed by atoms with Gasteiger partial charge in [0.1, 0.15) is 5.60 Å². The van der Waals surface area contributed by atoms with E-state index in [9.17, 15) is 4.79 Å². The highest BCUT2D eigenvalue weighted by Crippen LogP contribution is 2.38. The second kappa shape index (κ2) is 5.89. The highest BCUT2D eigenvalue weighted by molar-refractivity contribution is 5.92. The third-order valence-corrected chi connectivity index (χ3v) is 4.11. The Labute approximate surface area is 130 Å². The number of aromatic nitrogens is 1. The molecule has 0 amide bonds. The summed E-state index contributed by atoms with van der Waals surface area (Å²) in [5.41, 5.74) is 1.80. The summed E-state index contributed by atoms with van der Waals surface area (Å²) in [7, 11) is 4.05. The Morgan fingerprint density at radius 3 is 2.68 bits per heavy atom. The fourth-order valence-corrected chi connectivity index (χ4v) is 2.89. The Bertz CT molecular complexity index is 670. The van der Waals surface area contributed by atoms with Crippen molar-refractivity contribution in [2.24, 2.45) is 0 Å². The largest absolute Gasteiger partial charge is 0.450 e. The normalized spacial score (nSPS) is 20.6. The van der Waals surface area contributed by atoms with Gasteiger partial charge in [-0.1, -0.05) is 30.3 Å². The molecule has 0 N–H and O–H groups in total. The van der Waals surface area contributed by atoms with Crippen LogP contribution >= 0.6 is 0 Å². The third-order valence-electron chi connectivity index (χ3n) is 4.11. The van der Waals surface area contributed by atoms with Crippen molar-refractivity contribution in [3.8, 4) is 0 Å². The van der Waals surface area contributed by atoms with Crippen LogP contribution < -0.4 is 0 Å². The first-order valence-electron chi connectivity index (χ1n) is 7.48. The van der Waals surface area contributed by atoms with Crippen molar-refractivity contribution >= 4 is 5.97 Å². The molecule has 0 saturated carbocycles. The zero-order chi connectivity index (χ0) is 15.6. The number of esters is 1. The summed E-state index contributed by atoms with van der Waals surface area (Å²) < 4.78 is 5.93. The van der Waals surface area contributed by atoms with Gasteiger partial charge in [0.05, 0.1) is 11.3 Å². The van der Waals surface area contributed by atoms with E-state index in [4.69, 9.17) is 4.74 Å². The maximum absolute atomic E-state index is 12.4. The Hall–Kier alpha value is -2.20. The summed E-state index contributed by atoms with van der Waals surface area (Å²) >= 11 is 0. The molecule has 0 bridgehead atoms. The smallest absolute Gasteiger partial charge is 0.340 e. The number of ether oxygens (including phenoxy) is 1. The van der Waals surface area contributed by atoms with Gasteiger partial charge in [0.25, 0.3) is 0 Å². The van der Waals surface area contributed by atoms with Gasteiger partial charge in [-0.15, -0.1) is 0 Å². The quantitative estimate of drug-likeness (QED) is 0.814. The van der Waals surface area contributed by atoms with Crippen LogP contribution in [-0.4, -0.2) is 36.5 Å². The molecule has 0 aliphatic carbocycles. The van der Waals surface area contributed by atoms with Crippen molar-refractivity contribution in [3.05, 3.63) is 65.5 Å². The summed E-state index contributed by atoms with van der Waals surface area (Å²) in [5.74, 6) is -0.281. The molecule has 1 atom stereocenters. The summed E-state index contributed by atoms with van der Waals surface area (Å²) in [6.45, 7) is 0.838. The standard InChI is InChI=1S/C18H20N2O2/c1-20(2)12-10-18(14-7-4-3-5-8-14)13-16-15(17(21)22-18)9-6-11-19-16/h3-9,11H,10,12-13H2,1-2H3. The molecule has 1 aliphatic rings. The summed E-state index contributed by atoms with van der Waals surface area (Å²) in [4.78, 5) is 19.0. The van der Waals surface area contributed by atoms with Crippen LogP contribution in [0.1, 0.15) is 28.0 Å². The molecule has 1 aliphatic heterocycles. The average Bonchev–Trinajstić information content (AvgIpc) is 2.54. The molecule has 2 aromatic rings. The van der Waals surface area contributed by atoms with Crippen LogP contribution in [0.3, 0.4) is 0 Å². The first kappa shape index (κ1) is 14.7. The highest BCUT2D eigenvalue weighted by Gasteiger charge is 2.42. The Morgan fingerprint density at radius 1 is 1.18 bits per heavy atom. The molecule has 2 heterocycles. The minimum absolute atomic E-state index is 0.281. The van der Waals surface area contributed by atoms with Gasteiger partial charge < -0.3 is 9.64 Å². The van der Waals surface area contributed by atoms with Gasteiger partial charge in [0.2, 0.25) is 0 Å². The van der Waals surface area contributed by atoms with E-state index >= 15 is 0 Å². The Kier molecular flexibility index (Phi) is 3.94. The highest BCUT2D eigenvalue weighted by atomic mass is 16.6. The molecule has 4 heteroatoms. The molecule has 0 spiro atoms. The zero-order valence-electron chi connectivity index (χ0n) is 13.0. The van der Waals surface area contributed by atoms with Crippen LogP contribution in [0, 0.1) is 0 Å². The number of hydrogen-bond acceptors (Lipinski definition) is 4. The second-order valence-corrected chi connectivity index (χ2v) is 5.98. The lowest BCUT2D eigenvalue weighted by Gasteiger charge is -2.38. The molecule has 3 rings (SSSR count). The van der Waals surface area contributed by atoms with Crippen LogP contribution in [0.15, 0.2) is 48.7 Å². The van der Waals surface area contributed by atoms with Gasteiger partial charge in [-0.05, 0) is 31.8 Å². The fourth-order valence-electron chi connectivity index (χ4n) is 2.89. The van der Waals surface area contributed by atoms with E-state index in [-0.39, 0.29) is 5.97 Å². The zero-order valence-corrected chi connectivity index (χ0v) is 13.0. The summed E-state index contributed by atoms with van der Waals surface area (Å²) in [6, 6.07) is 13.5. The van der Waals surface area contributed by atoms with E-state index in [1.165, 1.54) is 0 Å². The monoisotopic (exact) mass is 296 g/mol. The topological polar surface area (TPSA) is 42.4 Å². The van der Waals surface area contributed by atoms with Crippen LogP contribution in [0.4, 0.5) is 0 Å². The number of carbonyl (C=O) groups is 1. The number of carbonyl (C=O) groups excluding carboxylic acids is 1. The third kappa shape index (κ3) is 2.74. The van der Waals surface area contributed by atoms with Gasteiger partial charge in [-0.3, -0.25) is 4.98 Å². The molecule has 22 heavy (non-hydrogen) atoms. The van der Waals surface area contributed by atoms with E-state index < -0.39 is 5.60 Å². The lowest BCUT2D eigenvalue weighted by atomic mass is 9.82. The lowest BCUT2D eigenvalue weighted by molar-refractivity contribution is -0.0363. The number of fused-ring (bicyclic) bond motifs is 1. The Balaban J connectivity index is 2.03. The molecule has 4 nitrogen and oxygen atoms in total. The average molecular weight is 296 g/mol. The molecule has 1 unspecified atom stereocenters. The second-order valence-electron chi connectivity index (χ2n) is 5.98. The first-order valence-corrected chi connectivity index (χ1v) is 7.48. The van der Waals surface area contributed by atoms with Crippen molar-refractivity contribution in [3.63, 3.8) is 0 Å². The van der Waals surface area contributed by atoms with Crippen molar-refractivity contribution < 1.29 is 9.53 Å². The maximum Gasteiger partial charge on any atom is 0.340 e. The number of cyclic esters (lactones) is 1. The molecule has 1 aromatic heterocycles. The van der Waals surface area contributed by atoms with Crippen molar-refractivity contribution in [1.82, 2.24) is 9.88 Å². The predicted molar refractivity (Wildman–Crippen MR) is 84.6 cm³/mol. The van der Waals surface area contributed by atoms with Gasteiger partial charge in [0, 0.05) is 25.6 Å². The summed E-state index contributed by atoms with van der Waals surface area (Å²) in [5, 5.41) is 0. The number of hydrogen-bond donors (Lipinski definition) is 0. The molecule has 114 valence electrons. The molecular weight excluding hydrogens is 276 g/mol. The van der Waals surface area contributed by atoms with E-state index in [0.29, 0.717) is 12.0 Å². The van der Waals surface area contributed by atoms with E-state index in [0.717, 1.165) is 24.2 Å². The van der Waals surface area contributed by atoms with Gasteiger partial charge >= 0.3 is 5.97 Å². The van der Waals surface area contributed by atoms with Crippen molar-refractivity contribution in [2.45, 2.75) is 18.4 Å². The van der Waals surface area contributed by atoms with E-state index in [1.807, 2.05) is 44.4 Å². The van der Waals surface area contributed by atoms with Gasteiger partial charge in [-0.2, -0.15) is 0 Å². The molecular formula is C18H20N2O2.